The van der Waals surface area contributed by atoms with E-state index in [0.717, 1.165) is 5.69 Å². The fourth-order valence-electron chi connectivity index (χ4n) is 1.65. The van der Waals surface area contributed by atoms with Crippen molar-refractivity contribution in [3.63, 3.8) is 0 Å². The van der Waals surface area contributed by atoms with Crippen molar-refractivity contribution < 1.29 is 9.90 Å². The van der Waals surface area contributed by atoms with Gasteiger partial charge in [0, 0.05) is 24.3 Å². The predicted octanol–water partition coefficient (Wildman–Crippen LogP) is 2.23. The first-order valence-electron chi connectivity index (χ1n) is 6.12. The zero-order chi connectivity index (χ0) is 13.5. The van der Waals surface area contributed by atoms with Gasteiger partial charge in [0.25, 0.3) is 5.91 Å². The highest BCUT2D eigenvalue weighted by Crippen LogP contribution is 2.12. The molecule has 2 aromatic carbocycles. The molecule has 1 amide bonds. The van der Waals surface area contributed by atoms with E-state index in [4.69, 9.17) is 5.11 Å². The molecule has 0 aromatic heterocycles. The van der Waals surface area contributed by atoms with E-state index in [1.807, 2.05) is 18.2 Å². The van der Waals surface area contributed by atoms with Crippen LogP contribution in [0.1, 0.15) is 10.4 Å². The molecule has 0 aliphatic rings. The van der Waals surface area contributed by atoms with Crippen LogP contribution in [0.5, 0.6) is 5.75 Å². The lowest BCUT2D eigenvalue weighted by Crippen LogP contribution is -2.28. The molecule has 4 heteroatoms. The van der Waals surface area contributed by atoms with Crippen LogP contribution in [-0.2, 0) is 0 Å². The standard InChI is InChI=1S/C15H16N2O2/c18-14-8-6-13(7-9-14)16-10-11-17-15(19)12-4-2-1-3-5-12/h1-9,16,18H,10-11H2,(H,17,19). The van der Waals surface area contributed by atoms with Crippen molar-refractivity contribution in [1.29, 1.82) is 0 Å². The molecule has 0 saturated heterocycles. The van der Waals surface area contributed by atoms with Crippen LogP contribution in [-0.4, -0.2) is 24.1 Å². The van der Waals surface area contributed by atoms with Crippen molar-refractivity contribution in [3.8, 4) is 5.75 Å². The number of carbonyl (C=O) groups is 1. The van der Waals surface area contributed by atoms with Gasteiger partial charge in [-0.3, -0.25) is 4.79 Å². The summed E-state index contributed by atoms with van der Waals surface area (Å²) in [6.07, 6.45) is 0. The Morgan fingerprint density at radius 3 is 2.32 bits per heavy atom. The Labute approximate surface area is 112 Å². The minimum atomic E-state index is -0.0758. The van der Waals surface area contributed by atoms with Crippen LogP contribution < -0.4 is 10.6 Å². The molecule has 0 spiro atoms. The molecule has 0 aliphatic carbocycles. The number of anilines is 1. The molecular formula is C15H16N2O2. The average molecular weight is 256 g/mol. The molecule has 98 valence electrons. The Bertz CT molecular complexity index is 524. The molecule has 4 nitrogen and oxygen atoms in total. The van der Waals surface area contributed by atoms with Gasteiger partial charge in [-0.2, -0.15) is 0 Å². The number of phenolic OH excluding ortho intramolecular Hbond substituents is 1. The maximum absolute atomic E-state index is 11.7. The van der Waals surface area contributed by atoms with Gasteiger partial charge in [-0.25, -0.2) is 0 Å². The van der Waals surface area contributed by atoms with Gasteiger partial charge in [0.2, 0.25) is 0 Å². The molecule has 0 saturated carbocycles. The molecule has 0 aliphatic heterocycles. The maximum atomic E-state index is 11.7. The largest absolute Gasteiger partial charge is 0.508 e. The summed E-state index contributed by atoms with van der Waals surface area (Å²) in [7, 11) is 0. The third-order valence-corrected chi connectivity index (χ3v) is 2.64. The van der Waals surface area contributed by atoms with Gasteiger partial charge in [0.05, 0.1) is 0 Å². The highest BCUT2D eigenvalue weighted by molar-refractivity contribution is 5.94. The number of rotatable bonds is 5. The lowest BCUT2D eigenvalue weighted by atomic mass is 10.2. The Kier molecular flexibility index (Phi) is 4.39. The van der Waals surface area contributed by atoms with Crippen molar-refractivity contribution in [3.05, 3.63) is 60.2 Å². The second-order valence-electron chi connectivity index (χ2n) is 4.10. The van der Waals surface area contributed by atoms with Crippen LogP contribution in [0.15, 0.2) is 54.6 Å². The van der Waals surface area contributed by atoms with E-state index in [-0.39, 0.29) is 11.7 Å². The van der Waals surface area contributed by atoms with Crippen molar-refractivity contribution in [1.82, 2.24) is 5.32 Å². The third-order valence-electron chi connectivity index (χ3n) is 2.64. The molecule has 0 radical (unpaired) electrons. The number of amides is 1. The molecule has 19 heavy (non-hydrogen) atoms. The van der Waals surface area contributed by atoms with E-state index < -0.39 is 0 Å². The van der Waals surface area contributed by atoms with Crippen LogP contribution in [0.3, 0.4) is 0 Å². The van der Waals surface area contributed by atoms with Gasteiger partial charge >= 0.3 is 0 Å². The van der Waals surface area contributed by atoms with Gasteiger partial charge in [-0.15, -0.1) is 0 Å². The van der Waals surface area contributed by atoms with Gasteiger partial charge in [-0.05, 0) is 36.4 Å². The van der Waals surface area contributed by atoms with Crippen molar-refractivity contribution >= 4 is 11.6 Å². The Morgan fingerprint density at radius 1 is 0.947 bits per heavy atom. The fraction of sp³-hybridized carbons (Fsp3) is 0.133. The van der Waals surface area contributed by atoms with Crippen molar-refractivity contribution in [2.45, 2.75) is 0 Å². The number of aromatic hydroxyl groups is 1. The molecule has 0 fully saturated rings. The first kappa shape index (κ1) is 13.0. The number of carbonyl (C=O) groups excluding carboxylic acids is 1. The molecule has 2 aromatic rings. The Balaban J connectivity index is 1.72. The third kappa shape index (κ3) is 4.03. The summed E-state index contributed by atoms with van der Waals surface area (Å²) in [6, 6.07) is 15.9. The van der Waals surface area contributed by atoms with E-state index in [2.05, 4.69) is 10.6 Å². The molecular weight excluding hydrogens is 240 g/mol. The van der Waals surface area contributed by atoms with Crippen LogP contribution >= 0.6 is 0 Å². The number of nitrogens with one attached hydrogen (secondary N) is 2. The van der Waals surface area contributed by atoms with Crippen molar-refractivity contribution in [2.24, 2.45) is 0 Å². The van der Waals surface area contributed by atoms with Crippen LogP contribution in [0.2, 0.25) is 0 Å². The van der Waals surface area contributed by atoms with E-state index in [0.29, 0.717) is 18.7 Å². The summed E-state index contributed by atoms with van der Waals surface area (Å²) in [4.78, 5) is 11.7. The molecule has 0 atom stereocenters. The molecule has 2 rings (SSSR count). The maximum Gasteiger partial charge on any atom is 0.251 e. The fourth-order valence-corrected chi connectivity index (χ4v) is 1.65. The SMILES string of the molecule is O=C(NCCNc1ccc(O)cc1)c1ccccc1. The summed E-state index contributed by atoms with van der Waals surface area (Å²) in [5.41, 5.74) is 1.57. The van der Waals surface area contributed by atoms with E-state index in [9.17, 15) is 4.79 Å². The normalized spacial score (nSPS) is 9.89. The number of phenols is 1. The lowest BCUT2D eigenvalue weighted by molar-refractivity contribution is 0.0955. The molecule has 3 N–H and O–H groups in total. The zero-order valence-electron chi connectivity index (χ0n) is 10.5. The van der Waals surface area contributed by atoms with Gasteiger partial charge in [0.1, 0.15) is 5.75 Å². The van der Waals surface area contributed by atoms with Gasteiger partial charge < -0.3 is 15.7 Å². The number of benzene rings is 2. The van der Waals surface area contributed by atoms with Crippen LogP contribution in [0.4, 0.5) is 5.69 Å². The highest BCUT2D eigenvalue weighted by atomic mass is 16.3. The smallest absolute Gasteiger partial charge is 0.251 e. The second kappa shape index (κ2) is 6.44. The minimum Gasteiger partial charge on any atom is -0.508 e. The molecule has 0 unspecified atom stereocenters. The summed E-state index contributed by atoms with van der Waals surface area (Å²) in [6.45, 7) is 1.16. The van der Waals surface area contributed by atoms with Crippen LogP contribution in [0, 0.1) is 0 Å². The number of hydrogen-bond acceptors (Lipinski definition) is 3. The Morgan fingerprint density at radius 2 is 1.63 bits per heavy atom. The van der Waals surface area contributed by atoms with E-state index >= 15 is 0 Å². The van der Waals surface area contributed by atoms with E-state index in [1.54, 1.807) is 36.4 Å². The summed E-state index contributed by atoms with van der Waals surface area (Å²) < 4.78 is 0. The van der Waals surface area contributed by atoms with Crippen molar-refractivity contribution in [2.75, 3.05) is 18.4 Å². The minimum absolute atomic E-state index is 0.0758. The average Bonchev–Trinajstić information content (AvgIpc) is 2.46. The monoisotopic (exact) mass is 256 g/mol. The summed E-state index contributed by atoms with van der Waals surface area (Å²) in [5, 5.41) is 15.1. The topological polar surface area (TPSA) is 61.4 Å². The lowest BCUT2D eigenvalue weighted by Gasteiger charge is -2.08. The Hall–Kier alpha value is -2.49. The second-order valence-corrected chi connectivity index (χ2v) is 4.10. The van der Waals surface area contributed by atoms with Crippen LogP contribution in [0.25, 0.3) is 0 Å². The first-order chi connectivity index (χ1) is 9.25. The highest BCUT2D eigenvalue weighted by Gasteiger charge is 2.02. The van der Waals surface area contributed by atoms with E-state index in [1.165, 1.54) is 0 Å². The molecule has 0 bridgehead atoms. The molecule has 0 heterocycles. The zero-order valence-corrected chi connectivity index (χ0v) is 10.5. The first-order valence-corrected chi connectivity index (χ1v) is 6.12. The quantitative estimate of drug-likeness (QED) is 0.568. The summed E-state index contributed by atoms with van der Waals surface area (Å²) >= 11 is 0. The number of hydrogen-bond donors (Lipinski definition) is 3. The summed E-state index contributed by atoms with van der Waals surface area (Å²) in [5.74, 6) is 0.163. The predicted molar refractivity (Wildman–Crippen MR) is 75.4 cm³/mol. The van der Waals surface area contributed by atoms with Gasteiger partial charge in [-0.1, -0.05) is 18.2 Å². The van der Waals surface area contributed by atoms with Gasteiger partial charge in [0.15, 0.2) is 0 Å².